The maximum Gasteiger partial charge on any atom is 0.488 e. The zero-order chi connectivity index (χ0) is 19.1. The molecule has 1 aliphatic rings. The summed E-state index contributed by atoms with van der Waals surface area (Å²) in [5.74, 6) is 0. The van der Waals surface area contributed by atoms with E-state index in [2.05, 4.69) is 65.6 Å². The minimum absolute atomic E-state index is 0.475. The van der Waals surface area contributed by atoms with Crippen LogP contribution in [0.15, 0.2) is 97.1 Å². The molecule has 0 saturated carbocycles. The minimum Gasteiger partial charge on any atom is -0.423 e. The topological polar surface area (TPSA) is 43.7 Å². The van der Waals surface area contributed by atoms with Crippen LogP contribution in [0, 0.1) is 0 Å². The third kappa shape index (κ3) is 2.62. The van der Waals surface area contributed by atoms with Gasteiger partial charge in [0, 0.05) is 16.8 Å². The molecule has 1 aliphatic heterocycles. The van der Waals surface area contributed by atoms with Gasteiger partial charge in [-0.25, -0.2) is 0 Å². The minimum atomic E-state index is -1.47. The van der Waals surface area contributed by atoms with E-state index in [1.165, 1.54) is 22.3 Å². The number of hydrogen-bond acceptors (Lipinski definition) is 3. The fourth-order valence-corrected chi connectivity index (χ4v) is 3.95. The van der Waals surface area contributed by atoms with Crippen LogP contribution >= 0.6 is 0 Å². The number of fused-ring (bicyclic) bond motifs is 5. The molecule has 0 radical (unpaired) electrons. The van der Waals surface area contributed by atoms with Crippen molar-refractivity contribution in [1.82, 2.24) is 0 Å². The van der Waals surface area contributed by atoms with Gasteiger partial charge in [0.1, 0.15) is 0 Å². The van der Waals surface area contributed by atoms with E-state index in [0.29, 0.717) is 5.46 Å². The van der Waals surface area contributed by atoms with Crippen molar-refractivity contribution in [2.24, 2.45) is 0 Å². The summed E-state index contributed by atoms with van der Waals surface area (Å²) in [5.41, 5.74) is 8.38. The Hall–Kier alpha value is -3.34. The van der Waals surface area contributed by atoms with E-state index in [-0.39, 0.29) is 0 Å². The molecule has 0 spiro atoms. The average molecular weight is 363 g/mol. The number of rotatable bonds is 2. The molecule has 0 bridgehead atoms. The molecule has 0 atom stereocenters. The first-order chi connectivity index (χ1) is 13.7. The first-order valence-electron chi connectivity index (χ1n) is 9.28. The van der Waals surface area contributed by atoms with Gasteiger partial charge >= 0.3 is 7.12 Å². The van der Waals surface area contributed by atoms with E-state index < -0.39 is 7.12 Å². The van der Waals surface area contributed by atoms with Crippen molar-refractivity contribution in [2.45, 2.75) is 0 Å². The Balaban J connectivity index is 1.82. The largest absolute Gasteiger partial charge is 0.488 e. The summed E-state index contributed by atoms with van der Waals surface area (Å²) in [6, 6.07) is 32.6. The van der Waals surface area contributed by atoms with Gasteiger partial charge in [0.25, 0.3) is 0 Å². The number of anilines is 3. The predicted molar refractivity (Wildman–Crippen MR) is 115 cm³/mol. The second kappa shape index (κ2) is 6.68. The highest BCUT2D eigenvalue weighted by atomic mass is 16.4. The highest BCUT2D eigenvalue weighted by Gasteiger charge is 2.25. The quantitative estimate of drug-likeness (QED) is 0.455. The first kappa shape index (κ1) is 16.8. The van der Waals surface area contributed by atoms with Gasteiger partial charge in [0.2, 0.25) is 0 Å². The van der Waals surface area contributed by atoms with Gasteiger partial charge in [-0.1, -0.05) is 72.8 Å². The molecule has 3 nitrogen and oxygen atoms in total. The third-order valence-corrected chi connectivity index (χ3v) is 5.25. The smallest absolute Gasteiger partial charge is 0.423 e. The van der Waals surface area contributed by atoms with Crippen molar-refractivity contribution >= 4 is 29.6 Å². The highest BCUT2D eigenvalue weighted by molar-refractivity contribution is 6.58. The summed E-state index contributed by atoms with van der Waals surface area (Å²) in [4.78, 5) is 2.23. The lowest BCUT2D eigenvalue weighted by atomic mass is 9.80. The molecule has 1 heterocycles. The van der Waals surface area contributed by atoms with Crippen LogP contribution in [0.4, 0.5) is 17.1 Å². The molecule has 0 fully saturated rings. The molecule has 4 aromatic rings. The van der Waals surface area contributed by atoms with Crippen molar-refractivity contribution < 1.29 is 10.0 Å². The third-order valence-electron chi connectivity index (χ3n) is 5.25. The molecule has 0 amide bonds. The first-order valence-corrected chi connectivity index (χ1v) is 9.28. The maximum atomic E-state index is 9.45. The van der Waals surface area contributed by atoms with Gasteiger partial charge in [0.15, 0.2) is 0 Å². The van der Waals surface area contributed by atoms with E-state index in [0.717, 1.165) is 17.1 Å². The molecule has 28 heavy (non-hydrogen) atoms. The number of para-hydroxylation sites is 2. The SMILES string of the molecule is OB(O)c1ccc(N2c3ccccc3-c3ccccc3-c3ccccc32)cc1. The Morgan fingerprint density at radius 3 is 1.39 bits per heavy atom. The molecule has 0 unspecified atom stereocenters. The Labute approximate surface area is 164 Å². The lowest BCUT2D eigenvalue weighted by Crippen LogP contribution is -2.29. The zero-order valence-corrected chi connectivity index (χ0v) is 15.2. The van der Waals surface area contributed by atoms with Crippen LogP contribution in [-0.2, 0) is 0 Å². The Morgan fingerprint density at radius 1 is 0.500 bits per heavy atom. The Bertz CT molecular complexity index is 1090. The Morgan fingerprint density at radius 2 is 0.929 bits per heavy atom. The van der Waals surface area contributed by atoms with Crippen molar-refractivity contribution in [1.29, 1.82) is 0 Å². The molecule has 0 saturated heterocycles. The summed E-state index contributed by atoms with van der Waals surface area (Å²) >= 11 is 0. The predicted octanol–water partition coefficient (Wildman–Crippen LogP) is 4.48. The summed E-state index contributed by atoms with van der Waals surface area (Å²) in [6.07, 6.45) is 0. The van der Waals surface area contributed by atoms with E-state index in [1.807, 2.05) is 24.3 Å². The van der Waals surface area contributed by atoms with Crippen molar-refractivity contribution in [2.75, 3.05) is 4.90 Å². The van der Waals surface area contributed by atoms with Gasteiger partial charge in [-0.2, -0.15) is 0 Å². The van der Waals surface area contributed by atoms with Crippen LogP contribution in [0.2, 0.25) is 0 Å². The number of hydrogen-bond donors (Lipinski definition) is 2. The molecule has 0 aliphatic carbocycles. The highest BCUT2D eigenvalue weighted by Crippen LogP contribution is 2.50. The van der Waals surface area contributed by atoms with Gasteiger partial charge < -0.3 is 14.9 Å². The van der Waals surface area contributed by atoms with Gasteiger partial charge in [-0.15, -0.1) is 0 Å². The van der Waals surface area contributed by atoms with Crippen molar-refractivity contribution in [3.63, 3.8) is 0 Å². The van der Waals surface area contributed by atoms with Crippen LogP contribution in [0.3, 0.4) is 0 Å². The fraction of sp³-hybridized carbons (Fsp3) is 0. The van der Waals surface area contributed by atoms with E-state index in [9.17, 15) is 10.0 Å². The second-order valence-corrected chi connectivity index (χ2v) is 6.88. The normalized spacial score (nSPS) is 11.9. The van der Waals surface area contributed by atoms with Crippen LogP contribution in [0.1, 0.15) is 0 Å². The second-order valence-electron chi connectivity index (χ2n) is 6.88. The monoisotopic (exact) mass is 363 g/mol. The average Bonchev–Trinajstić information content (AvgIpc) is 2.87. The Kier molecular flexibility index (Phi) is 4.01. The zero-order valence-electron chi connectivity index (χ0n) is 15.2. The molecule has 134 valence electrons. The van der Waals surface area contributed by atoms with Gasteiger partial charge in [-0.05, 0) is 40.9 Å². The lowest BCUT2D eigenvalue weighted by molar-refractivity contribution is 0.426. The molecule has 0 aromatic heterocycles. The molecule has 4 heteroatoms. The van der Waals surface area contributed by atoms with Crippen LogP contribution < -0.4 is 10.4 Å². The molecular weight excluding hydrogens is 345 g/mol. The fourth-order valence-electron chi connectivity index (χ4n) is 3.95. The summed E-state index contributed by atoms with van der Waals surface area (Å²) in [6.45, 7) is 0. The summed E-state index contributed by atoms with van der Waals surface area (Å²) in [5, 5.41) is 18.9. The van der Waals surface area contributed by atoms with Crippen LogP contribution in [0.25, 0.3) is 22.3 Å². The van der Waals surface area contributed by atoms with E-state index in [4.69, 9.17) is 0 Å². The molecule has 4 aromatic carbocycles. The van der Waals surface area contributed by atoms with Crippen molar-refractivity contribution in [3.05, 3.63) is 97.1 Å². The maximum absolute atomic E-state index is 9.45. The van der Waals surface area contributed by atoms with Crippen LogP contribution in [-0.4, -0.2) is 17.2 Å². The summed E-state index contributed by atoms with van der Waals surface area (Å²) in [7, 11) is -1.47. The standard InChI is InChI=1S/C24H18BNO2/c27-25(28)17-13-15-18(16-14-17)26-23-11-5-3-9-21(23)19-7-1-2-8-20(19)22-10-4-6-12-24(22)26/h1-16,27-28H. The molecule has 2 N–H and O–H groups in total. The number of nitrogens with zero attached hydrogens (tertiary/aromatic N) is 1. The van der Waals surface area contributed by atoms with Crippen LogP contribution in [0.5, 0.6) is 0 Å². The van der Waals surface area contributed by atoms with Gasteiger partial charge in [-0.3, -0.25) is 0 Å². The molecular formula is C24H18BNO2. The van der Waals surface area contributed by atoms with Crippen molar-refractivity contribution in [3.8, 4) is 22.3 Å². The van der Waals surface area contributed by atoms with Gasteiger partial charge in [0.05, 0.1) is 11.4 Å². The van der Waals surface area contributed by atoms with E-state index in [1.54, 1.807) is 12.1 Å². The molecule has 5 rings (SSSR count). The number of benzene rings is 4. The van der Waals surface area contributed by atoms with E-state index >= 15 is 0 Å². The lowest BCUT2D eigenvalue weighted by Gasteiger charge is -2.27. The summed E-state index contributed by atoms with van der Waals surface area (Å²) < 4.78 is 0.